The zero-order valence-electron chi connectivity index (χ0n) is 19.4. The fraction of sp³-hybridized carbons (Fsp3) is 0.654. The van der Waals surface area contributed by atoms with Gasteiger partial charge in [0, 0.05) is 50.2 Å². The van der Waals surface area contributed by atoms with E-state index in [-0.39, 0.29) is 29.7 Å². The number of piperazine rings is 1. The van der Waals surface area contributed by atoms with Crippen molar-refractivity contribution in [1.82, 2.24) is 15.5 Å². The molecule has 6 rings (SSSR count). The highest BCUT2D eigenvalue weighted by Crippen LogP contribution is 2.60. The fourth-order valence-electron chi connectivity index (χ4n) is 7.12. The third-order valence-electron chi connectivity index (χ3n) is 8.34. The summed E-state index contributed by atoms with van der Waals surface area (Å²) >= 11 is 0. The number of hydrogen-bond acceptors (Lipinski definition) is 4. The molecule has 3 amide bonds. The van der Waals surface area contributed by atoms with Crippen LogP contribution in [-0.4, -0.2) is 61.9 Å². The third kappa shape index (κ3) is 4.87. The SMILES string of the molecule is O=C(CNC(=O)C12CC3CC(CC(C3)C1)C2)NCCC(=O)N1CCN(c2ccccc2)CC1. The summed E-state index contributed by atoms with van der Waals surface area (Å²) in [4.78, 5) is 41.9. The highest BCUT2D eigenvalue weighted by Gasteiger charge is 2.54. The van der Waals surface area contributed by atoms with Gasteiger partial charge in [0.25, 0.3) is 0 Å². The lowest BCUT2D eigenvalue weighted by Crippen LogP contribution is -2.54. The summed E-state index contributed by atoms with van der Waals surface area (Å²) in [5.41, 5.74) is 0.958. The molecule has 1 heterocycles. The van der Waals surface area contributed by atoms with Crippen LogP contribution in [0.25, 0.3) is 0 Å². The maximum absolute atomic E-state index is 13.0. The Morgan fingerprint density at radius 2 is 1.45 bits per heavy atom. The van der Waals surface area contributed by atoms with E-state index in [2.05, 4.69) is 27.7 Å². The zero-order chi connectivity index (χ0) is 22.8. The van der Waals surface area contributed by atoms with E-state index < -0.39 is 0 Å². The predicted molar refractivity (Wildman–Crippen MR) is 126 cm³/mol. The molecule has 0 atom stereocenters. The van der Waals surface area contributed by atoms with E-state index in [0.717, 1.165) is 32.4 Å². The van der Waals surface area contributed by atoms with Crippen LogP contribution in [-0.2, 0) is 14.4 Å². The summed E-state index contributed by atoms with van der Waals surface area (Å²) in [5.74, 6) is 2.05. The molecule has 1 aliphatic heterocycles. The van der Waals surface area contributed by atoms with Gasteiger partial charge in [-0.3, -0.25) is 14.4 Å². The number of hydrogen-bond donors (Lipinski definition) is 2. The van der Waals surface area contributed by atoms with Crippen molar-refractivity contribution in [3.05, 3.63) is 30.3 Å². The molecule has 7 heteroatoms. The molecule has 7 nitrogen and oxygen atoms in total. The van der Waals surface area contributed by atoms with Gasteiger partial charge in [0.2, 0.25) is 17.7 Å². The van der Waals surface area contributed by atoms with Gasteiger partial charge >= 0.3 is 0 Å². The second-order valence-corrected chi connectivity index (χ2v) is 10.7. The van der Waals surface area contributed by atoms with Crippen molar-refractivity contribution in [2.75, 3.05) is 44.2 Å². The van der Waals surface area contributed by atoms with Gasteiger partial charge < -0.3 is 20.4 Å². The van der Waals surface area contributed by atoms with Gasteiger partial charge in [0.05, 0.1) is 6.54 Å². The Labute approximate surface area is 196 Å². The van der Waals surface area contributed by atoms with Crippen molar-refractivity contribution in [1.29, 1.82) is 0 Å². The molecule has 4 saturated carbocycles. The van der Waals surface area contributed by atoms with Gasteiger partial charge in [-0.2, -0.15) is 0 Å². The molecule has 5 aliphatic rings. The molecule has 1 saturated heterocycles. The van der Waals surface area contributed by atoms with E-state index in [1.807, 2.05) is 23.1 Å². The van der Waals surface area contributed by atoms with Crippen LogP contribution in [0, 0.1) is 23.2 Å². The Hall–Kier alpha value is -2.57. The van der Waals surface area contributed by atoms with Crippen molar-refractivity contribution in [3.8, 4) is 0 Å². The molecule has 5 fully saturated rings. The Bertz CT molecular complexity index is 843. The van der Waals surface area contributed by atoms with Gasteiger partial charge in [0.1, 0.15) is 0 Å². The van der Waals surface area contributed by atoms with Crippen LogP contribution in [0.15, 0.2) is 30.3 Å². The summed E-state index contributed by atoms with van der Waals surface area (Å²) in [6.45, 7) is 3.34. The van der Waals surface area contributed by atoms with Crippen LogP contribution in [0.4, 0.5) is 5.69 Å². The summed E-state index contributed by atoms with van der Waals surface area (Å²) in [7, 11) is 0. The zero-order valence-corrected chi connectivity index (χ0v) is 19.4. The fourth-order valence-corrected chi connectivity index (χ4v) is 7.12. The Balaban J connectivity index is 0.996. The number of benzene rings is 1. The van der Waals surface area contributed by atoms with E-state index in [4.69, 9.17) is 0 Å². The van der Waals surface area contributed by atoms with Gasteiger partial charge in [-0.05, 0) is 68.4 Å². The maximum atomic E-state index is 13.0. The topological polar surface area (TPSA) is 81.8 Å². The first-order valence-corrected chi connectivity index (χ1v) is 12.6. The largest absolute Gasteiger partial charge is 0.368 e. The molecular formula is C26H36N4O3. The van der Waals surface area contributed by atoms with E-state index in [1.54, 1.807) is 0 Å². The molecule has 0 radical (unpaired) electrons. The van der Waals surface area contributed by atoms with Crippen LogP contribution < -0.4 is 15.5 Å². The van der Waals surface area contributed by atoms with E-state index >= 15 is 0 Å². The molecular weight excluding hydrogens is 416 g/mol. The minimum atomic E-state index is -0.229. The first kappa shape index (κ1) is 22.2. The Morgan fingerprint density at radius 3 is 2.06 bits per heavy atom. The first-order valence-electron chi connectivity index (χ1n) is 12.6. The number of anilines is 1. The maximum Gasteiger partial charge on any atom is 0.239 e. The molecule has 1 aromatic carbocycles. The highest BCUT2D eigenvalue weighted by molar-refractivity contribution is 5.88. The monoisotopic (exact) mass is 452 g/mol. The third-order valence-corrected chi connectivity index (χ3v) is 8.34. The molecule has 0 unspecified atom stereocenters. The van der Waals surface area contributed by atoms with Gasteiger partial charge in [-0.25, -0.2) is 0 Å². The van der Waals surface area contributed by atoms with E-state index in [0.29, 0.717) is 43.8 Å². The normalized spacial score (nSPS) is 30.2. The number of nitrogens with zero attached hydrogens (tertiary/aromatic N) is 2. The highest BCUT2D eigenvalue weighted by atomic mass is 16.2. The number of amides is 3. The lowest BCUT2D eigenvalue weighted by atomic mass is 9.49. The van der Waals surface area contributed by atoms with E-state index in [9.17, 15) is 14.4 Å². The molecule has 4 bridgehead atoms. The Kier molecular flexibility index (Phi) is 6.30. The van der Waals surface area contributed by atoms with Gasteiger partial charge in [0.15, 0.2) is 0 Å². The summed E-state index contributed by atoms with van der Waals surface area (Å²) < 4.78 is 0. The summed E-state index contributed by atoms with van der Waals surface area (Å²) in [5, 5.41) is 5.71. The van der Waals surface area contributed by atoms with Crippen molar-refractivity contribution in [2.45, 2.75) is 44.9 Å². The molecule has 178 valence electrons. The molecule has 0 spiro atoms. The second kappa shape index (κ2) is 9.35. The van der Waals surface area contributed by atoms with Crippen LogP contribution in [0.3, 0.4) is 0 Å². The quantitative estimate of drug-likeness (QED) is 0.664. The standard InChI is InChI=1S/C26H36N4O3/c31-23(18-28-25(33)26-15-19-12-20(16-26)14-21(13-19)17-26)27-7-6-24(32)30-10-8-29(9-11-30)22-4-2-1-3-5-22/h1-5,19-21H,6-18H2,(H,27,31)(H,28,33). The van der Waals surface area contributed by atoms with E-state index in [1.165, 1.54) is 24.9 Å². The molecule has 2 N–H and O–H groups in total. The second-order valence-electron chi connectivity index (χ2n) is 10.7. The predicted octanol–water partition coefficient (Wildman–Crippen LogP) is 2.17. The van der Waals surface area contributed by atoms with Gasteiger partial charge in [-0.15, -0.1) is 0 Å². The van der Waals surface area contributed by atoms with Crippen LogP contribution >= 0.6 is 0 Å². The first-order chi connectivity index (χ1) is 16.0. The minimum Gasteiger partial charge on any atom is -0.368 e. The van der Waals surface area contributed by atoms with Crippen LogP contribution in [0.1, 0.15) is 44.9 Å². The lowest BCUT2D eigenvalue weighted by molar-refractivity contribution is -0.147. The summed E-state index contributed by atoms with van der Waals surface area (Å²) in [6, 6.07) is 10.2. The molecule has 4 aliphatic carbocycles. The molecule has 0 aromatic heterocycles. The van der Waals surface area contributed by atoms with Crippen molar-refractivity contribution >= 4 is 23.4 Å². The van der Waals surface area contributed by atoms with Crippen LogP contribution in [0.5, 0.6) is 0 Å². The van der Waals surface area contributed by atoms with Crippen molar-refractivity contribution in [2.24, 2.45) is 23.2 Å². The van der Waals surface area contributed by atoms with Crippen molar-refractivity contribution < 1.29 is 14.4 Å². The van der Waals surface area contributed by atoms with Crippen LogP contribution in [0.2, 0.25) is 0 Å². The average molecular weight is 453 g/mol. The smallest absolute Gasteiger partial charge is 0.239 e. The average Bonchev–Trinajstić information content (AvgIpc) is 2.82. The Morgan fingerprint density at radius 1 is 0.848 bits per heavy atom. The number of para-hydroxylation sites is 1. The number of rotatable bonds is 7. The van der Waals surface area contributed by atoms with Crippen molar-refractivity contribution in [3.63, 3.8) is 0 Å². The number of nitrogens with one attached hydrogen (secondary N) is 2. The number of carbonyl (C=O) groups is 3. The van der Waals surface area contributed by atoms with Gasteiger partial charge in [-0.1, -0.05) is 18.2 Å². The summed E-state index contributed by atoms with van der Waals surface area (Å²) in [6.07, 6.45) is 7.17. The number of carbonyl (C=O) groups excluding carboxylic acids is 3. The molecule has 1 aromatic rings. The minimum absolute atomic E-state index is 0.00449. The molecule has 33 heavy (non-hydrogen) atoms. The lowest BCUT2D eigenvalue weighted by Gasteiger charge is -2.55.